The number of rotatable bonds is 1. The number of alkyl halides is 2. The van der Waals surface area contributed by atoms with Crippen LogP contribution in [0.15, 0.2) is 4.99 Å². The van der Waals surface area contributed by atoms with E-state index in [1.165, 1.54) is 0 Å². The van der Waals surface area contributed by atoms with Crippen molar-refractivity contribution in [3.63, 3.8) is 0 Å². The lowest BCUT2D eigenvalue weighted by Crippen LogP contribution is -2.40. The Labute approximate surface area is 75.3 Å². The van der Waals surface area contributed by atoms with E-state index in [-0.39, 0.29) is 24.9 Å². The molecule has 0 unspecified atom stereocenters. The third-order valence-corrected chi connectivity index (χ3v) is 2.52. The van der Waals surface area contributed by atoms with E-state index in [1.807, 2.05) is 6.92 Å². The first-order chi connectivity index (χ1) is 5.98. The molecule has 2 aliphatic rings. The predicted octanol–water partition coefficient (Wildman–Crippen LogP) is 1.65. The largest absolute Gasteiger partial charge is 0.389 e. The summed E-state index contributed by atoms with van der Waals surface area (Å²) in [6.45, 7) is 1.86. The summed E-state index contributed by atoms with van der Waals surface area (Å²) in [4.78, 5) is 9.36. The van der Waals surface area contributed by atoms with Gasteiger partial charge in [-0.2, -0.15) is 0 Å². The first-order valence-electron chi connectivity index (χ1n) is 4.34. The van der Waals surface area contributed by atoms with Gasteiger partial charge in [-0.05, 0) is 6.92 Å². The van der Waals surface area contributed by atoms with Gasteiger partial charge in [-0.25, -0.2) is 13.8 Å². The molecule has 1 heterocycles. The van der Waals surface area contributed by atoms with Crippen LogP contribution in [-0.4, -0.2) is 30.1 Å². The molecule has 0 N–H and O–H groups in total. The molecule has 0 aromatic heterocycles. The average molecular weight is 190 g/mol. The van der Waals surface area contributed by atoms with E-state index in [1.54, 1.807) is 12.1 Å². The summed E-state index contributed by atoms with van der Waals surface area (Å²) in [5.41, 5.74) is 0. The molecule has 2 rings (SSSR count). The van der Waals surface area contributed by atoms with E-state index in [0.717, 1.165) is 0 Å². The Morgan fingerprint density at radius 2 is 2.15 bits per heavy atom. The van der Waals surface area contributed by atoms with E-state index in [9.17, 15) is 8.78 Å². The number of nitrogens with zero attached hydrogens (tertiary/aromatic N) is 2. The van der Waals surface area contributed by atoms with Gasteiger partial charge in [0.2, 0.25) is 11.8 Å². The van der Waals surface area contributed by atoms with Gasteiger partial charge in [0.05, 0.1) is 0 Å². The summed E-state index contributed by atoms with van der Waals surface area (Å²) < 4.78 is 25.0. The maximum absolute atomic E-state index is 12.5. The molecular weight excluding hydrogens is 178 g/mol. The highest BCUT2D eigenvalue weighted by atomic mass is 19.3. The molecule has 5 heteroatoms. The third kappa shape index (κ3) is 1.52. The zero-order valence-electron chi connectivity index (χ0n) is 7.63. The fraction of sp³-hybridized carbons (Fsp3) is 0.875. The third-order valence-electron chi connectivity index (χ3n) is 2.52. The van der Waals surface area contributed by atoms with Crippen LogP contribution < -0.4 is 0 Å². The molecule has 0 amide bonds. The van der Waals surface area contributed by atoms with Crippen LogP contribution in [-0.2, 0) is 4.84 Å². The second-order valence-electron chi connectivity index (χ2n) is 3.70. The molecule has 1 aliphatic carbocycles. The van der Waals surface area contributed by atoms with Crippen LogP contribution in [0.1, 0.15) is 19.8 Å². The molecule has 0 radical (unpaired) electrons. The van der Waals surface area contributed by atoms with Gasteiger partial charge in [0.15, 0.2) is 0 Å². The SMILES string of the molecule is C[C@H]1N=C(C2CC(F)(F)C2)ON1C. The molecule has 1 atom stereocenters. The van der Waals surface area contributed by atoms with Gasteiger partial charge in [0.25, 0.3) is 0 Å². The van der Waals surface area contributed by atoms with Gasteiger partial charge in [-0.3, -0.25) is 0 Å². The number of halogens is 2. The van der Waals surface area contributed by atoms with E-state index < -0.39 is 5.92 Å². The molecule has 1 aliphatic heterocycles. The van der Waals surface area contributed by atoms with Crippen LogP contribution in [0.25, 0.3) is 0 Å². The lowest BCUT2D eigenvalue weighted by molar-refractivity contribution is -0.110. The van der Waals surface area contributed by atoms with Crippen LogP contribution in [0.2, 0.25) is 0 Å². The van der Waals surface area contributed by atoms with Crippen LogP contribution in [0.4, 0.5) is 8.78 Å². The molecule has 0 bridgehead atoms. The van der Waals surface area contributed by atoms with Crippen molar-refractivity contribution in [1.29, 1.82) is 0 Å². The predicted molar refractivity (Wildman–Crippen MR) is 43.4 cm³/mol. The first-order valence-corrected chi connectivity index (χ1v) is 4.34. The van der Waals surface area contributed by atoms with E-state index in [2.05, 4.69) is 4.99 Å². The molecule has 13 heavy (non-hydrogen) atoms. The smallest absolute Gasteiger partial charge is 0.249 e. The molecule has 0 aromatic rings. The normalized spacial score (nSPS) is 33.8. The van der Waals surface area contributed by atoms with Crippen molar-refractivity contribution in [3.8, 4) is 0 Å². The van der Waals surface area contributed by atoms with E-state index in [0.29, 0.717) is 5.90 Å². The fourth-order valence-corrected chi connectivity index (χ4v) is 1.53. The quantitative estimate of drug-likeness (QED) is 0.628. The lowest BCUT2D eigenvalue weighted by Gasteiger charge is -2.33. The summed E-state index contributed by atoms with van der Waals surface area (Å²) in [7, 11) is 1.75. The zero-order chi connectivity index (χ0) is 9.64. The second-order valence-corrected chi connectivity index (χ2v) is 3.70. The molecule has 0 aromatic carbocycles. The highest BCUT2D eigenvalue weighted by Gasteiger charge is 2.49. The Balaban J connectivity index is 1.95. The minimum atomic E-state index is -2.50. The maximum Gasteiger partial charge on any atom is 0.249 e. The van der Waals surface area contributed by atoms with E-state index >= 15 is 0 Å². The molecule has 1 saturated carbocycles. The Bertz CT molecular complexity index is 247. The van der Waals surface area contributed by atoms with Crippen LogP contribution >= 0.6 is 0 Å². The zero-order valence-corrected chi connectivity index (χ0v) is 7.63. The molecule has 1 fully saturated rings. The highest BCUT2D eigenvalue weighted by molar-refractivity contribution is 5.80. The summed E-state index contributed by atoms with van der Waals surface area (Å²) in [5, 5.41) is 1.58. The van der Waals surface area contributed by atoms with Crippen molar-refractivity contribution in [2.45, 2.75) is 31.9 Å². The molecule has 0 saturated heterocycles. The van der Waals surface area contributed by atoms with Crippen molar-refractivity contribution >= 4 is 5.90 Å². The summed E-state index contributed by atoms with van der Waals surface area (Å²) in [6.07, 6.45) is -0.289. The summed E-state index contributed by atoms with van der Waals surface area (Å²) in [5.74, 6) is -2.20. The minimum absolute atomic E-state index is 0.0516. The Morgan fingerprint density at radius 1 is 1.54 bits per heavy atom. The lowest BCUT2D eigenvalue weighted by atomic mass is 9.81. The van der Waals surface area contributed by atoms with Crippen molar-refractivity contribution in [3.05, 3.63) is 0 Å². The van der Waals surface area contributed by atoms with Gasteiger partial charge in [0.1, 0.15) is 6.17 Å². The summed E-state index contributed by atoms with van der Waals surface area (Å²) in [6, 6.07) is 0. The second kappa shape index (κ2) is 2.64. The van der Waals surface area contributed by atoms with Crippen LogP contribution in [0, 0.1) is 5.92 Å². The highest BCUT2D eigenvalue weighted by Crippen LogP contribution is 2.44. The number of hydrogen-bond donors (Lipinski definition) is 0. The first kappa shape index (κ1) is 8.87. The van der Waals surface area contributed by atoms with Gasteiger partial charge in [0, 0.05) is 25.8 Å². The maximum atomic E-state index is 12.5. The van der Waals surface area contributed by atoms with Crippen molar-refractivity contribution in [2.24, 2.45) is 10.9 Å². The Morgan fingerprint density at radius 3 is 2.54 bits per heavy atom. The average Bonchev–Trinajstić information content (AvgIpc) is 2.27. The van der Waals surface area contributed by atoms with Crippen molar-refractivity contribution in [2.75, 3.05) is 7.05 Å². The van der Waals surface area contributed by atoms with Gasteiger partial charge in [-0.1, -0.05) is 0 Å². The van der Waals surface area contributed by atoms with Gasteiger partial charge in [-0.15, -0.1) is 5.06 Å². The van der Waals surface area contributed by atoms with Crippen molar-refractivity contribution < 1.29 is 13.6 Å². The monoisotopic (exact) mass is 190 g/mol. The Kier molecular flexibility index (Phi) is 1.80. The minimum Gasteiger partial charge on any atom is -0.389 e. The van der Waals surface area contributed by atoms with Gasteiger partial charge >= 0.3 is 0 Å². The topological polar surface area (TPSA) is 24.8 Å². The Hall–Kier alpha value is -0.710. The number of aliphatic imine (C=N–C) groups is 1. The van der Waals surface area contributed by atoms with Crippen molar-refractivity contribution in [1.82, 2.24) is 5.06 Å². The van der Waals surface area contributed by atoms with Crippen LogP contribution in [0.3, 0.4) is 0 Å². The molecule has 74 valence electrons. The molecule has 3 nitrogen and oxygen atoms in total. The van der Waals surface area contributed by atoms with Crippen LogP contribution in [0.5, 0.6) is 0 Å². The number of hydroxylamine groups is 2. The fourth-order valence-electron chi connectivity index (χ4n) is 1.53. The molecular formula is C8H12F2N2O. The van der Waals surface area contributed by atoms with E-state index in [4.69, 9.17) is 4.84 Å². The van der Waals surface area contributed by atoms with Gasteiger partial charge < -0.3 is 4.84 Å². The molecule has 0 spiro atoms. The summed E-state index contributed by atoms with van der Waals surface area (Å²) >= 11 is 0. The number of hydrogen-bond acceptors (Lipinski definition) is 3. The standard InChI is InChI=1S/C8H12F2N2O/c1-5-11-7(13-12(5)2)6-3-8(9,10)4-6/h5-6H,3-4H2,1-2H3/t5-/m0/s1.